The summed E-state index contributed by atoms with van der Waals surface area (Å²) in [4.78, 5) is 26.3. The Labute approximate surface area is 199 Å². The lowest BCUT2D eigenvalue weighted by Gasteiger charge is -2.56. The van der Waals surface area contributed by atoms with Crippen LogP contribution in [0.4, 0.5) is 0 Å². The molecule has 0 aromatic heterocycles. The van der Waals surface area contributed by atoms with Gasteiger partial charge in [-0.05, 0) is 32.1 Å². The van der Waals surface area contributed by atoms with Crippen molar-refractivity contribution in [1.29, 1.82) is 0 Å². The molecule has 192 valence electrons. The summed E-state index contributed by atoms with van der Waals surface area (Å²) in [5, 5.41) is 45.4. The molecule has 0 bridgehead atoms. The number of ketones is 2. The van der Waals surface area contributed by atoms with Crippen molar-refractivity contribution < 1.29 is 44.2 Å². The fraction of sp³-hybridized carbons (Fsp3) is 0.920. The average Bonchev–Trinajstić information content (AvgIpc) is 2.96. The summed E-state index contributed by atoms with van der Waals surface area (Å²) in [6.07, 6.45) is -2.50. The fourth-order valence-corrected chi connectivity index (χ4v) is 7.62. The van der Waals surface area contributed by atoms with Gasteiger partial charge in [-0.2, -0.15) is 0 Å². The standard InChI is InChI=1S/C25H38O9/c1-12(2)15(26)7-8-22(3)9-10-23(4)14(18(22)28)6-5-13-17-24(30)19(33-20(13)29)16(27)11-32-21(24)34-25(17,23)31/h12-14,16-17,19-21,27,29-31H,5-11H2,1-4H3/t13-,14?,16+,17+,19-,20?,21?,22+,23+,24?,25-/m0/s1. The van der Waals surface area contributed by atoms with Crippen molar-refractivity contribution in [1.82, 2.24) is 0 Å². The van der Waals surface area contributed by atoms with Crippen LogP contribution in [0, 0.1) is 34.5 Å². The van der Waals surface area contributed by atoms with E-state index in [0.29, 0.717) is 38.5 Å². The number of hydrogen-bond acceptors (Lipinski definition) is 9. The van der Waals surface area contributed by atoms with Gasteiger partial charge >= 0.3 is 0 Å². The second kappa shape index (κ2) is 7.78. The number of aliphatic hydroxyl groups excluding tert-OH is 2. The maximum absolute atomic E-state index is 14.0. The van der Waals surface area contributed by atoms with Crippen molar-refractivity contribution in [3.63, 3.8) is 0 Å². The van der Waals surface area contributed by atoms with Gasteiger partial charge in [0, 0.05) is 35.0 Å². The Kier molecular flexibility index (Phi) is 5.66. The third-order valence-corrected chi connectivity index (χ3v) is 9.94. The van der Waals surface area contributed by atoms with Crippen LogP contribution >= 0.6 is 0 Å². The summed E-state index contributed by atoms with van der Waals surface area (Å²) in [6.45, 7) is 7.27. The van der Waals surface area contributed by atoms with E-state index in [4.69, 9.17) is 14.2 Å². The molecule has 5 aliphatic rings. The van der Waals surface area contributed by atoms with Crippen molar-refractivity contribution >= 4 is 11.6 Å². The van der Waals surface area contributed by atoms with Gasteiger partial charge in [0.05, 0.1) is 12.5 Å². The van der Waals surface area contributed by atoms with Crippen LogP contribution in [0.5, 0.6) is 0 Å². The molecule has 34 heavy (non-hydrogen) atoms. The van der Waals surface area contributed by atoms with E-state index in [2.05, 4.69) is 0 Å². The molecule has 3 heterocycles. The first-order chi connectivity index (χ1) is 15.8. The number of rotatable bonds is 4. The molecule has 9 heteroatoms. The SMILES string of the molecule is CC(C)C(=O)CC[C@]1(C)CC[C@]2(C)C(CC[C@@H]3C(O)O[C@H]4[C@H](O)COC5O[C@@]2(O)[C@H]3C54O)C1=O. The smallest absolute Gasteiger partial charge is 0.192 e. The van der Waals surface area contributed by atoms with Gasteiger partial charge < -0.3 is 34.6 Å². The Hall–Kier alpha value is -0.940. The minimum absolute atomic E-state index is 0.0109. The Bertz CT molecular complexity index is 876. The van der Waals surface area contributed by atoms with Crippen LogP contribution in [0.2, 0.25) is 0 Å². The first kappa shape index (κ1) is 24.7. The molecular formula is C25H38O9. The van der Waals surface area contributed by atoms with Crippen LogP contribution in [0.15, 0.2) is 0 Å². The lowest BCUT2D eigenvalue weighted by molar-refractivity contribution is -0.355. The number of aliphatic hydroxyl groups is 4. The Morgan fingerprint density at radius 3 is 2.53 bits per heavy atom. The van der Waals surface area contributed by atoms with E-state index in [9.17, 15) is 30.0 Å². The number of Topliss-reactive ketones (excluding diaryl/α,β-unsaturated/α-hetero) is 2. The summed E-state index contributed by atoms with van der Waals surface area (Å²) in [5.41, 5.74) is -3.61. The van der Waals surface area contributed by atoms with E-state index in [1.807, 2.05) is 27.7 Å². The molecule has 11 atom stereocenters. The third kappa shape index (κ3) is 3.04. The highest BCUT2D eigenvalue weighted by molar-refractivity contribution is 5.89. The van der Waals surface area contributed by atoms with Crippen LogP contribution in [0.3, 0.4) is 0 Å². The van der Waals surface area contributed by atoms with Gasteiger partial charge in [-0.1, -0.05) is 27.7 Å². The zero-order valence-electron chi connectivity index (χ0n) is 20.4. The molecule has 2 saturated carbocycles. The lowest BCUT2D eigenvalue weighted by atomic mass is 9.52. The minimum Gasteiger partial charge on any atom is -0.388 e. The average molecular weight is 483 g/mol. The van der Waals surface area contributed by atoms with Crippen LogP contribution in [0.25, 0.3) is 0 Å². The second-order valence-electron chi connectivity index (χ2n) is 12.1. The summed E-state index contributed by atoms with van der Waals surface area (Å²) < 4.78 is 17.4. The van der Waals surface area contributed by atoms with Crippen LogP contribution in [0.1, 0.15) is 66.2 Å². The van der Waals surface area contributed by atoms with Crippen LogP contribution in [-0.2, 0) is 23.8 Å². The first-order valence-corrected chi connectivity index (χ1v) is 12.6. The number of hydrogen-bond donors (Lipinski definition) is 4. The topological polar surface area (TPSA) is 143 Å². The number of carbonyl (C=O) groups is 2. The van der Waals surface area contributed by atoms with Crippen LogP contribution in [-0.4, -0.2) is 74.8 Å². The number of fused-ring (bicyclic) bond motifs is 2. The largest absolute Gasteiger partial charge is 0.388 e. The molecule has 2 aliphatic carbocycles. The quantitative estimate of drug-likeness (QED) is 0.459. The highest BCUT2D eigenvalue weighted by atomic mass is 16.8. The van der Waals surface area contributed by atoms with E-state index in [-0.39, 0.29) is 24.1 Å². The predicted molar refractivity (Wildman–Crippen MR) is 117 cm³/mol. The van der Waals surface area contributed by atoms with Gasteiger partial charge in [-0.3, -0.25) is 9.59 Å². The zero-order valence-corrected chi connectivity index (χ0v) is 20.4. The normalized spacial score (nSPS) is 54.4. The molecule has 0 amide bonds. The zero-order chi connectivity index (χ0) is 24.8. The Morgan fingerprint density at radius 1 is 1.15 bits per heavy atom. The summed E-state index contributed by atoms with van der Waals surface area (Å²) in [7, 11) is 0. The molecule has 4 N–H and O–H groups in total. The number of carbonyl (C=O) groups excluding carboxylic acids is 2. The highest BCUT2D eigenvalue weighted by Gasteiger charge is 2.80. The Balaban J connectivity index is 1.52. The lowest BCUT2D eigenvalue weighted by Crippen LogP contribution is -2.72. The predicted octanol–water partition coefficient (Wildman–Crippen LogP) is 0.894. The molecule has 3 saturated heterocycles. The van der Waals surface area contributed by atoms with Gasteiger partial charge in [-0.25, -0.2) is 0 Å². The maximum Gasteiger partial charge on any atom is 0.192 e. The molecule has 9 nitrogen and oxygen atoms in total. The van der Waals surface area contributed by atoms with Gasteiger partial charge in [0.15, 0.2) is 24.0 Å². The molecule has 3 aliphatic heterocycles. The van der Waals surface area contributed by atoms with Crippen molar-refractivity contribution in [3.8, 4) is 0 Å². The fourth-order valence-electron chi connectivity index (χ4n) is 7.62. The first-order valence-electron chi connectivity index (χ1n) is 12.6. The molecule has 5 rings (SSSR count). The number of ether oxygens (including phenoxy) is 3. The molecule has 0 spiro atoms. The monoisotopic (exact) mass is 482 g/mol. The van der Waals surface area contributed by atoms with Crippen molar-refractivity contribution in [2.75, 3.05) is 6.61 Å². The summed E-state index contributed by atoms with van der Waals surface area (Å²) >= 11 is 0. The van der Waals surface area contributed by atoms with E-state index < -0.39 is 64.8 Å². The van der Waals surface area contributed by atoms with Gasteiger partial charge in [-0.15, -0.1) is 0 Å². The molecule has 0 radical (unpaired) electrons. The highest BCUT2D eigenvalue weighted by Crippen LogP contribution is 2.67. The van der Waals surface area contributed by atoms with Gasteiger partial charge in [0.1, 0.15) is 23.8 Å². The molecule has 0 aromatic carbocycles. The summed E-state index contributed by atoms with van der Waals surface area (Å²) in [5.74, 6) is -4.22. The molecule has 5 fully saturated rings. The van der Waals surface area contributed by atoms with Gasteiger partial charge in [0.25, 0.3) is 0 Å². The van der Waals surface area contributed by atoms with Gasteiger partial charge in [0.2, 0.25) is 0 Å². The third-order valence-electron chi connectivity index (χ3n) is 9.94. The molecular weight excluding hydrogens is 444 g/mol. The van der Waals surface area contributed by atoms with Crippen LogP contribution < -0.4 is 0 Å². The van der Waals surface area contributed by atoms with E-state index in [1.54, 1.807) is 0 Å². The maximum atomic E-state index is 14.0. The molecule has 0 aromatic rings. The molecule has 4 unspecified atom stereocenters. The van der Waals surface area contributed by atoms with E-state index in [0.717, 1.165) is 0 Å². The van der Waals surface area contributed by atoms with Crippen molar-refractivity contribution in [3.05, 3.63) is 0 Å². The van der Waals surface area contributed by atoms with Crippen molar-refractivity contribution in [2.24, 2.45) is 34.5 Å². The van der Waals surface area contributed by atoms with E-state index >= 15 is 0 Å². The summed E-state index contributed by atoms with van der Waals surface area (Å²) in [6, 6.07) is 0. The Morgan fingerprint density at radius 2 is 1.85 bits per heavy atom. The van der Waals surface area contributed by atoms with E-state index in [1.165, 1.54) is 0 Å². The van der Waals surface area contributed by atoms with Crippen molar-refractivity contribution in [2.45, 2.75) is 102 Å². The minimum atomic E-state index is -1.96. The second-order valence-corrected chi connectivity index (χ2v) is 12.1.